The van der Waals surface area contributed by atoms with Crippen LogP contribution in [0.15, 0.2) is 56.7 Å². The SMILES string of the molecule is Fc1cc(CNC2CC2)ccc1Sc1ccccc1Br. The van der Waals surface area contributed by atoms with E-state index in [4.69, 9.17) is 0 Å². The lowest BCUT2D eigenvalue weighted by Crippen LogP contribution is -2.15. The second kappa shape index (κ2) is 6.29. The van der Waals surface area contributed by atoms with E-state index in [1.165, 1.54) is 24.6 Å². The van der Waals surface area contributed by atoms with Gasteiger partial charge in [0.2, 0.25) is 0 Å². The van der Waals surface area contributed by atoms with Crippen LogP contribution in [0.25, 0.3) is 0 Å². The van der Waals surface area contributed by atoms with E-state index in [-0.39, 0.29) is 5.82 Å². The van der Waals surface area contributed by atoms with Crippen molar-refractivity contribution >= 4 is 27.7 Å². The van der Waals surface area contributed by atoms with Gasteiger partial charge in [-0.05, 0) is 58.6 Å². The van der Waals surface area contributed by atoms with E-state index in [0.717, 1.165) is 21.5 Å². The number of benzene rings is 2. The fourth-order valence-corrected chi connectivity index (χ4v) is 3.30. The molecule has 4 heteroatoms. The smallest absolute Gasteiger partial charge is 0.137 e. The molecule has 0 aliphatic heterocycles. The van der Waals surface area contributed by atoms with Crippen LogP contribution in [0, 0.1) is 5.82 Å². The average molecular weight is 352 g/mol. The molecule has 0 heterocycles. The molecule has 0 bridgehead atoms. The molecule has 1 fully saturated rings. The Morgan fingerprint density at radius 3 is 2.65 bits per heavy atom. The van der Waals surface area contributed by atoms with E-state index < -0.39 is 0 Å². The lowest BCUT2D eigenvalue weighted by molar-refractivity contribution is 0.595. The van der Waals surface area contributed by atoms with Gasteiger partial charge in [0.05, 0.1) is 0 Å². The number of nitrogens with one attached hydrogen (secondary N) is 1. The lowest BCUT2D eigenvalue weighted by Gasteiger charge is -2.08. The van der Waals surface area contributed by atoms with Crippen molar-refractivity contribution in [1.29, 1.82) is 0 Å². The summed E-state index contributed by atoms with van der Waals surface area (Å²) < 4.78 is 15.1. The third-order valence-corrected chi connectivity index (χ3v) is 5.31. The Labute approximate surface area is 131 Å². The predicted octanol–water partition coefficient (Wildman–Crippen LogP) is 4.99. The first-order valence-corrected chi connectivity index (χ1v) is 8.27. The molecule has 1 aliphatic rings. The van der Waals surface area contributed by atoms with Gasteiger partial charge in [0.15, 0.2) is 0 Å². The van der Waals surface area contributed by atoms with Crippen LogP contribution in [0.1, 0.15) is 18.4 Å². The fraction of sp³-hybridized carbons (Fsp3) is 0.250. The molecule has 0 radical (unpaired) electrons. The van der Waals surface area contributed by atoms with Gasteiger partial charge >= 0.3 is 0 Å². The molecule has 20 heavy (non-hydrogen) atoms. The number of halogens is 2. The minimum Gasteiger partial charge on any atom is -0.310 e. The average Bonchev–Trinajstić information content (AvgIpc) is 3.26. The summed E-state index contributed by atoms with van der Waals surface area (Å²) in [5.74, 6) is -0.152. The zero-order valence-corrected chi connectivity index (χ0v) is 13.3. The topological polar surface area (TPSA) is 12.0 Å². The van der Waals surface area contributed by atoms with Gasteiger partial charge in [0.25, 0.3) is 0 Å². The van der Waals surface area contributed by atoms with E-state index in [1.54, 1.807) is 6.07 Å². The molecule has 0 aromatic heterocycles. The molecular weight excluding hydrogens is 337 g/mol. The Morgan fingerprint density at radius 2 is 1.95 bits per heavy atom. The predicted molar refractivity (Wildman–Crippen MR) is 84.5 cm³/mol. The summed E-state index contributed by atoms with van der Waals surface area (Å²) in [5, 5.41) is 3.40. The number of hydrogen-bond acceptors (Lipinski definition) is 2. The molecule has 1 aliphatic carbocycles. The normalized spacial score (nSPS) is 14.5. The first-order chi connectivity index (χ1) is 9.72. The maximum atomic E-state index is 14.1. The first kappa shape index (κ1) is 14.1. The Hall–Kier alpha value is -0.840. The van der Waals surface area contributed by atoms with Crippen molar-refractivity contribution in [3.8, 4) is 0 Å². The van der Waals surface area contributed by atoms with Gasteiger partial charge in [-0.15, -0.1) is 0 Å². The third-order valence-electron chi connectivity index (χ3n) is 3.23. The van der Waals surface area contributed by atoms with Crippen LogP contribution in [0.4, 0.5) is 4.39 Å². The summed E-state index contributed by atoms with van der Waals surface area (Å²) in [5.41, 5.74) is 1.01. The Kier molecular flexibility index (Phi) is 4.44. The van der Waals surface area contributed by atoms with Crippen LogP contribution >= 0.6 is 27.7 Å². The highest BCUT2D eigenvalue weighted by molar-refractivity contribution is 9.10. The van der Waals surface area contributed by atoms with Gasteiger partial charge in [-0.1, -0.05) is 30.0 Å². The summed E-state index contributed by atoms with van der Waals surface area (Å²) in [6, 6.07) is 14.0. The quantitative estimate of drug-likeness (QED) is 0.814. The second-order valence-corrected chi connectivity index (χ2v) is 6.89. The highest BCUT2D eigenvalue weighted by Crippen LogP contribution is 2.34. The van der Waals surface area contributed by atoms with Gasteiger partial charge in [0, 0.05) is 26.9 Å². The van der Waals surface area contributed by atoms with Crippen LogP contribution in [0.3, 0.4) is 0 Å². The van der Waals surface area contributed by atoms with Crippen molar-refractivity contribution in [1.82, 2.24) is 5.32 Å². The zero-order valence-electron chi connectivity index (χ0n) is 10.9. The van der Waals surface area contributed by atoms with Crippen molar-refractivity contribution in [2.24, 2.45) is 0 Å². The Morgan fingerprint density at radius 1 is 1.15 bits per heavy atom. The molecule has 104 valence electrons. The van der Waals surface area contributed by atoms with Gasteiger partial charge in [-0.25, -0.2) is 4.39 Å². The summed E-state index contributed by atoms with van der Waals surface area (Å²) >= 11 is 4.93. The molecule has 0 unspecified atom stereocenters. The lowest BCUT2D eigenvalue weighted by atomic mass is 10.2. The van der Waals surface area contributed by atoms with Crippen LogP contribution in [0.5, 0.6) is 0 Å². The van der Waals surface area contributed by atoms with Crippen molar-refractivity contribution in [2.45, 2.75) is 35.2 Å². The van der Waals surface area contributed by atoms with Gasteiger partial charge in [-0.2, -0.15) is 0 Å². The molecule has 1 N–H and O–H groups in total. The van der Waals surface area contributed by atoms with E-state index in [0.29, 0.717) is 10.9 Å². The van der Waals surface area contributed by atoms with E-state index in [1.807, 2.05) is 36.4 Å². The molecule has 2 aromatic rings. The Bertz CT molecular complexity index is 613. The molecule has 0 atom stereocenters. The van der Waals surface area contributed by atoms with Crippen molar-refractivity contribution in [3.63, 3.8) is 0 Å². The van der Waals surface area contributed by atoms with Gasteiger partial charge in [0.1, 0.15) is 5.82 Å². The van der Waals surface area contributed by atoms with Crippen molar-refractivity contribution in [3.05, 3.63) is 58.3 Å². The Balaban J connectivity index is 1.71. The van der Waals surface area contributed by atoms with E-state index >= 15 is 0 Å². The highest BCUT2D eigenvalue weighted by atomic mass is 79.9. The monoisotopic (exact) mass is 351 g/mol. The molecule has 0 saturated heterocycles. The number of rotatable bonds is 5. The number of hydrogen-bond donors (Lipinski definition) is 1. The minimum absolute atomic E-state index is 0.152. The maximum absolute atomic E-state index is 14.1. The van der Waals surface area contributed by atoms with Crippen LogP contribution < -0.4 is 5.32 Å². The van der Waals surface area contributed by atoms with Gasteiger partial charge in [-0.3, -0.25) is 0 Å². The molecule has 1 nitrogen and oxygen atoms in total. The third kappa shape index (κ3) is 3.62. The highest BCUT2D eigenvalue weighted by Gasteiger charge is 2.20. The molecule has 1 saturated carbocycles. The van der Waals surface area contributed by atoms with E-state index in [9.17, 15) is 4.39 Å². The van der Waals surface area contributed by atoms with Crippen LogP contribution in [0.2, 0.25) is 0 Å². The molecule has 3 rings (SSSR count). The fourth-order valence-electron chi connectivity index (χ4n) is 1.93. The largest absolute Gasteiger partial charge is 0.310 e. The standard InChI is InChI=1S/C16H15BrFNS/c17-13-3-1-2-4-15(13)20-16-8-5-11(9-14(16)18)10-19-12-6-7-12/h1-5,8-9,12,19H,6-7,10H2. The van der Waals surface area contributed by atoms with Crippen LogP contribution in [-0.4, -0.2) is 6.04 Å². The molecule has 2 aromatic carbocycles. The second-order valence-electron chi connectivity index (χ2n) is 4.95. The first-order valence-electron chi connectivity index (χ1n) is 6.66. The summed E-state index contributed by atoms with van der Waals surface area (Å²) in [7, 11) is 0. The molecule has 0 amide bonds. The summed E-state index contributed by atoms with van der Waals surface area (Å²) in [6.07, 6.45) is 2.50. The molecule has 0 spiro atoms. The minimum atomic E-state index is -0.152. The summed E-state index contributed by atoms with van der Waals surface area (Å²) in [4.78, 5) is 1.68. The summed E-state index contributed by atoms with van der Waals surface area (Å²) in [6.45, 7) is 0.752. The molecular formula is C16H15BrFNS. The maximum Gasteiger partial charge on any atom is 0.137 e. The van der Waals surface area contributed by atoms with Crippen LogP contribution in [-0.2, 0) is 6.54 Å². The zero-order chi connectivity index (χ0) is 13.9. The van der Waals surface area contributed by atoms with E-state index in [2.05, 4.69) is 21.2 Å². The van der Waals surface area contributed by atoms with Crippen molar-refractivity contribution < 1.29 is 4.39 Å². The van der Waals surface area contributed by atoms with Crippen molar-refractivity contribution in [2.75, 3.05) is 0 Å². The van der Waals surface area contributed by atoms with Gasteiger partial charge < -0.3 is 5.32 Å².